The van der Waals surface area contributed by atoms with Crippen LogP contribution in [0.1, 0.15) is 72.1 Å². The topological polar surface area (TPSA) is 80.9 Å². The Balaban J connectivity index is 1.73. The van der Waals surface area contributed by atoms with Crippen LogP contribution in [0.15, 0.2) is 47.6 Å². The molecular formula is C27H42O4. The van der Waals surface area contributed by atoms with Crippen molar-refractivity contribution in [2.45, 2.75) is 89.9 Å². The molecule has 0 aromatic rings. The van der Waals surface area contributed by atoms with Crippen molar-refractivity contribution in [2.75, 3.05) is 6.61 Å². The maximum atomic E-state index is 10.1. The molecule has 174 valence electrons. The molecule has 0 saturated heterocycles. The Morgan fingerprint density at radius 1 is 1.26 bits per heavy atom. The van der Waals surface area contributed by atoms with Gasteiger partial charge >= 0.3 is 0 Å². The molecule has 4 N–H and O–H groups in total. The Labute approximate surface area is 188 Å². The number of hydrogen-bond donors (Lipinski definition) is 4. The Kier molecular flexibility index (Phi) is 7.68. The maximum absolute atomic E-state index is 10.1. The highest BCUT2D eigenvalue weighted by Crippen LogP contribution is 2.59. The van der Waals surface area contributed by atoms with Crippen LogP contribution in [0, 0.1) is 23.2 Å². The average molecular weight is 431 g/mol. The molecule has 0 aromatic heterocycles. The summed E-state index contributed by atoms with van der Waals surface area (Å²) in [6, 6.07) is 0. The van der Waals surface area contributed by atoms with Gasteiger partial charge in [-0.3, -0.25) is 0 Å². The maximum Gasteiger partial charge on any atom is 0.0883 e. The molecule has 0 aliphatic heterocycles. The second-order valence-electron chi connectivity index (χ2n) is 10.8. The van der Waals surface area contributed by atoms with E-state index in [1.807, 2.05) is 6.08 Å². The van der Waals surface area contributed by atoms with Gasteiger partial charge in [-0.2, -0.15) is 0 Å². The second-order valence-corrected chi connectivity index (χ2v) is 10.8. The molecule has 31 heavy (non-hydrogen) atoms. The number of aliphatic hydroxyl groups is 4. The van der Waals surface area contributed by atoms with E-state index in [0.29, 0.717) is 37.0 Å². The lowest BCUT2D eigenvalue weighted by Gasteiger charge is -2.44. The van der Waals surface area contributed by atoms with E-state index < -0.39 is 17.8 Å². The van der Waals surface area contributed by atoms with E-state index in [0.717, 1.165) is 17.6 Å². The SMILES string of the molecule is C=C1/C(=C\C=C2/CCC[C@]3(C)[C@@H]([C@H](C)/C=C/C[C@@](C)(O)CO)CC[C@@H]23)C[C@@H](O)C[C@@H]1O. The van der Waals surface area contributed by atoms with Crippen molar-refractivity contribution in [3.05, 3.63) is 47.6 Å². The zero-order valence-electron chi connectivity index (χ0n) is 19.6. The molecule has 3 aliphatic rings. The van der Waals surface area contributed by atoms with Crippen LogP contribution in [0.4, 0.5) is 0 Å². The highest BCUT2D eigenvalue weighted by molar-refractivity contribution is 5.38. The van der Waals surface area contributed by atoms with E-state index in [1.54, 1.807) is 6.92 Å². The molecule has 0 heterocycles. The highest BCUT2D eigenvalue weighted by Gasteiger charge is 2.50. The summed E-state index contributed by atoms with van der Waals surface area (Å²) in [5, 5.41) is 39.5. The molecule has 0 spiro atoms. The van der Waals surface area contributed by atoms with Gasteiger partial charge in [-0.05, 0) is 86.2 Å². The summed E-state index contributed by atoms with van der Waals surface area (Å²) >= 11 is 0. The minimum atomic E-state index is -1.04. The van der Waals surface area contributed by atoms with Crippen LogP contribution in [0.3, 0.4) is 0 Å². The molecule has 7 atom stereocenters. The Hall–Kier alpha value is -1.20. The van der Waals surface area contributed by atoms with Crippen molar-refractivity contribution in [1.29, 1.82) is 0 Å². The van der Waals surface area contributed by atoms with E-state index in [-0.39, 0.29) is 12.0 Å². The third-order valence-corrected chi connectivity index (χ3v) is 8.27. The molecule has 0 amide bonds. The van der Waals surface area contributed by atoms with Gasteiger partial charge in [-0.1, -0.05) is 50.3 Å². The van der Waals surface area contributed by atoms with Gasteiger partial charge in [0.05, 0.1) is 24.4 Å². The molecule has 0 radical (unpaired) electrons. The standard InChI is InChI=1S/C27H42O4/c1-18(7-5-13-26(3,31)17-28)23-11-12-24-20(8-6-14-27(23,24)4)9-10-21-15-22(29)16-25(30)19(21)2/h5,7,9-10,18,22-25,28-31H,2,6,8,11-17H2,1,3-4H3/b7-5+,20-9+,21-10-/t18-,22-,23-,24+,25+,26-,27-/m1/s1. The quantitative estimate of drug-likeness (QED) is 0.469. The van der Waals surface area contributed by atoms with Crippen LogP contribution in [-0.2, 0) is 0 Å². The van der Waals surface area contributed by atoms with Crippen LogP contribution in [0.2, 0.25) is 0 Å². The van der Waals surface area contributed by atoms with Gasteiger partial charge in [-0.15, -0.1) is 0 Å². The molecular weight excluding hydrogens is 388 g/mol. The Morgan fingerprint density at radius 2 is 2.00 bits per heavy atom. The lowest BCUT2D eigenvalue weighted by atomic mass is 9.61. The first-order chi connectivity index (χ1) is 14.6. The zero-order chi connectivity index (χ0) is 22.8. The van der Waals surface area contributed by atoms with Crippen molar-refractivity contribution in [1.82, 2.24) is 0 Å². The summed E-state index contributed by atoms with van der Waals surface area (Å²) < 4.78 is 0. The van der Waals surface area contributed by atoms with Crippen molar-refractivity contribution in [2.24, 2.45) is 23.2 Å². The Bertz CT molecular complexity index is 746. The average Bonchev–Trinajstić information content (AvgIpc) is 3.07. The smallest absolute Gasteiger partial charge is 0.0883 e. The lowest BCUT2D eigenvalue weighted by molar-refractivity contribution is 0.00435. The normalized spacial score (nSPS) is 39.8. The fourth-order valence-corrected chi connectivity index (χ4v) is 6.34. The monoisotopic (exact) mass is 430 g/mol. The van der Waals surface area contributed by atoms with Gasteiger partial charge in [-0.25, -0.2) is 0 Å². The summed E-state index contributed by atoms with van der Waals surface area (Å²) in [7, 11) is 0. The summed E-state index contributed by atoms with van der Waals surface area (Å²) in [6.07, 6.45) is 14.9. The number of allylic oxidation sites excluding steroid dienone is 4. The third-order valence-electron chi connectivity index (χ3n) is 8.27. The number of hydrogen-bond acceptors (Lipinski definition) is 4. The largest absolute Gasteiger partial charge is 0.393 e. The summed E-state index contributed by atoms with van der Waals surface area (Å²) in [5.74, 6) is 1.62. The molecule has 4 nitrogen and oxygen atoms in total. The predicted molar refractivity (Wildman–Crippen MR) is 125 cm³/mol. The van der Waals surface area contributed by atoms with Gasteiger partial charge in [0.2, 0.25) is 0 Å². The minimum Gasteiger partial charge on any atom is -0.393 e. The first kappa shape index (κ1) is 24.4. The van der Waals surface area contributed by atoms with E-state index >= 15 is 0 Å². The molecule has 0 aromatic carbocycles. The Morgan fingerprint density at radius 3 is 2.71 bits per heavy atom. The molecule has 4 heteroatoms. The molecule has 3 aliphatic carbocycles. The zero-order valence-corrected chi connectivity index (χ0v) is 19.6. The third kappa shape index (κ3) is 5.42. The first-order valence-corrected chi connectivity index (χ1v) is 12.0. The molecule has 0 unspecified atom stereocenters. The van der Waals surface area contributed by atoms with Gasteiger partial charge < -0.3 is 20.4 Å². The van der Waals surface area contributed by atoms with Crippen molar-refractivity contribution < 1.29 is 20.4 Å². The number of rotatable bonds is 6. The van der Waals surface area contributed by atoms with Gasteiger partial charge in [0.1, 0.15) is 0 Å². The van der Waals surface area contributed by atoms with Crippen LogP contribution in [0.25, 0.3) is 0 Å². The molecule has 0 bridgehead atoms. The molecule has 3 rings (SSSR count). The summed E-state index contributed by atoms with van der Waals surface area (Å²) in [5.41, 5.74) is 2.46. The van der Waals surface area contributed by atoms with Crippen molar-refractivity contribution in [3.8, 4) is 0 Å². The first-order valence-electron chi connectivity index (χ1n) is 12.0. The fourth-order valence-electron chi connectivity index (χ4n) is 6.34. The van der Waals surface area contributed by atoms with Crippen molar-refractivity contribution in [3.63, 3.8) is 0 Å². The van der Waals surface area contributed by atoms with E-state index in [4.69, 9.17) is 0 Å². The summed E-state index contributed by atoms with van der Waals surface area (Å²) in [4.78, 5) is 0. The van der Waals surface area contributed by atoms with E-state index in [9.17, 15) is 20.4 Å². The van der Waals surface area contributed by atoms with Gasteiger partial charge in [0, 0.05) is 6.42 Å². The van der Waals surface area contributed by atoms with Crippen LogP contribution in [-0.4, -0.2) is 44.8 Å². The van der Waals surface area contributed by atoms with Crippen molar-refractivity contribution >= 4 is 0 Å². The fraction of sp³-hybridized carbons (Fsp3) is 0.704. The number of fused-ring (bicyclic) bond motifs is 1. The lowest BCUT2D eigenvalue weighted by Crippen LogP contribution is -2.35. The van der Waals surface area contributed by atoms with Gasteiger partial charge in [0.25, 0.3) is 0 Å². The minimum absolute atomic E-state index is 0.223. The molecule has 3 fully saturated rings. The summed E-state index contributed by atoms with van der Waals surface area (Å²) in [6.45, 7) is 10.2. The van der Waals surface area contributed by atoms with E-state index in [1.165, 1.54) is 31.3 Å². The number of aliphatic hydroxyl groups excluding tert-OH is 3. The molecule has 3 saturated carbocycles. The predicted octanol–water partition coefficient (Wildman–Crippen LogP) is 4.45. The van der Waals surface area contributed by atoms with Crippen LogP contribution >= 0.6 is 0 Å². The van der Waals surface area contributed by atoms with Crippen LogP contribution in [0.5, 0.6) is 0 Å². The highest BCUT2D eigenvalue weighted by atomic mass is 16.3. The van der Waals surface area contributed by atoms with Gasteiger partial charge in [0.15, 0.2) is 0 Å². The van der Waals surface area contributed by atoms with Crippen LogP contribution < -0.4 is 0 Å². The van der Waals surface area contributed by atoms with E-state index in [2.05, 4.69) is 38.7 Å². The second kappa shape index (κ2) is 9.74.